The minimum absolute atomic E-state index is 0.0755. The highest BCUT2D eigenvalue weighted by atomic mass is 32.1. The molecule has 1 aromatic heterocycles. The Bertz CT molecular complexity index is 1500. The second-order valence-corrected chi connectivity index (χ2v) is 10.3. The summed E-state index contributed by atoms with van der Waals surface area (Å²) in [6.45, 7) is 8.17. The van der Waals surface area contributed by atoms with Gasteiger partial charge in [-0.25, -0.2) is 4.98 Å². The van der Waals surface area contributed by atoms with E-state index in [1.807, 2.05) is 62.4 Å². The van der Waals surface area contributed by atoms with Crippen LogP contribution in [-0.4, -0.2) is 21.8 Å². The van der Waals surface area contributed by atoms with Crippen LogP contribution in [0.15, 0.2) is 72.3 Å². The molecule has 4 aromatic rings. The van der Waals surface area contributed by atoms with E-state index in [0.717, 1.165) is 26.9 Å². The zero-order valence-corrected chi connectivity index (χ0v) is 20.9. The third kappa shape index (κ3) is 4.04. The number of amides is 1. The SMILES string of the molecule is Cc1ccc(/C(O)=C2\C(=O)C(=O)N(c3nc4ccc(C(C)C)cc4s3)C2c2cccc(C)c2)cc1. The number of aromatic nitrogens is 1. The number of aliphatic hydroxyl groups excluding tert-OH is 1. The third-order valence-corrected chi connectivity index (χ3v) is 7.42. The van der Waals surface area contributed by atoms with Gasteiger partial charge in [0.1, 0.15) is 5.76 Å². The smallest absolute Gasteiger partial charge is 0.301 e. The number of thiazole rings is 1. The minimum Gasteiger partial charge on any atom is -0.507 e. The number of rotatable bonds is 4. The Hall–Kier alpha value is -3.77. The number of carbonyl (C=O) groups excluding carboxylic acids is 2. The Morgan fingerprint density at radius 2 is 1.71 bits per heavy atom. The van der Waals surface area contributed by atoms with E-state index in [9.17, 15) is 14.7 Å². The Kier molecular flexibility index (Phi) is 5.77. The molecule has 1 unspecified atom stereocenters. The first-order valence-corrected chi connectivity index (χ1v) is 12.4. The van der Waals surface area contributed by atoms with E-state index in [1.54, 1.807) is 12.1 Å². The van der Waals surface area contributed by atoms with Crippen molar-refractivity contribution in [2.45, 2.75) is 39.7 Å². The van der Waals surface area contributed by atoms with E-state index in [-0.39, 0.29) is 11.3 Å². The fraction of sp³-hybridized carbons (Fsp3) is 0.207. The van der Waals surface area contributed by atoms with Crippen LogP contribution < -0.4 is 4.90 Å². The molecule has 5 rings (SSSR count). The highest BCUT2D eigenvalue weighted by molar-refractivity contribution is 7.22. The summed E-state index contributed by atoms with van der Waals surface area (Å²) in [4.78, 5) is 33.0. The van der Waals surface area contributed by atoms with Crippen LogP contribution >= 0.6 is 11.3 Å². The highest BCUT2D eigenvalue weighted by Crippen LogP contribution is 2.44. The van der Waals surface area contributed by atoms with Crippen LogP contribution in [0.1, 0.15) is 53.6 Å². The maximum Gasteiger partial charge on any atom is 0.301 e. The summed E-state index contributed by atoms with van der Waals surface area (Å²) in [5.74, 6) is -1.22. The van der Waals surface area contributed by atoms with Crippen molar-refractivity contribution in [1.29, 1.82) is 0 Å². The number of ketones is 1. The first-order valence-electron chi connectivity index (χ1n) is 11.6. The lowest BCUT2D eigenvalue weighted by Crippen LogP contribution is -2.29. The molecule has 0 saturated carbocycles. The highest BCUT2D eigenvalue weighted by Gasteiger charge is 2.48. The number of aryl methyl sites for hydroxylation is 2. The zero-order valence-electron chi connectivity index (χ0n) is 20.1. The summed E-state index contributed by atoms with van der Waals surface area (Å²) in [5, 5.41) is 11.7. The van der Waals surface area contributed by atoms with Crippen LogP contribution in [0.5, 0.6) is 0 Å². The molecule has 1 amide bonds. The second kappa shape index (κ2) is 8.78. The largest absolute Gasteiger partial charge is 0.507 e. The van der Waals surface area contributed by atoms with Gasteiger partial charge in [-0.05, 0) is 43.0 Å². The molecule has 0 aliphatic carbocycles. The molecular weight excluding hydrogens is 456 g/mol. The first kappa shape index (κ1) is 23.0. The molecule has 1 aliphatic rings. The molecule has 0 spiro atoms. The Balaban J connectivity index is 1.71. The molecule has 1 N–H and O–H groups in total. The predicted octanol–water partition coefficient (Wildman–Crippen LogP) is 6.66. The molecule has 1 fully saturated rings. The van der Waals surface area contributed by atoms with Crippen LogP contribution in [0.2, 0.25) is 0 Å². The van der Waals surface area contributed by atoms with E-state index >= 15 is 0 Å². The molecule has 2 heterocycles. The lowest BCUT2D eigenvalue weighted by Gasteiger charge is -2.23. The fourth-order valence-corrected chi connectivity index (χ4v) is 5.48. The van der Waals surface area contributed by atoms with Gasteiger partial charge in [0.05, 0.1) is 21.8 Å². The molecule has 176 valence electrons. The molecule has 6 heteroatoms. The number of nitrogens with zero attached hydrogens (tertiary/aromatic N) is 2. The van der Waals surface area contributed by atoms with Gasteiger partial charge in [0, 0.05) is 5.56 Å². The molecule has 0 bridgehead atoms. The fourth-order valence-electron chi connectivity index (χ4n) is 4.44. The van der Waals surface area contributed by atoms with Gasteiger partial charge in [-0.3, -0.25) is 14.5 Å². The summed E-state index contributed by atoms with van der Waals surface area (Å²) in [7, 11) is 0. The van der Waals surface area contributed by atoms with Crippen molar-refractivity contribution in [3.63, 3.8) is 0 Å². The Morgan fingerprint density at radius 3 is 2.40 bits per heavy atom. The number of Topliss-reactive ketones (excluding diaryl/α,β-unsaturated/α-hetero) is 1. The van der Waals surface area contributed by atoms with Crippen LogP contribution in [0, 0.1) is 13.8 Å². The van der Waals surface area contributed by atoms with Gasteiger partial charge in [-0.15, -0.1) is 0 Å². The normalized spacial score (nSPS) is 17.6. The van der Waals surface area contributed by atoms with Crippen molar-refractivity contribution in [1.82, 2.24) is 4.98 Å². The number of anilines is 1. The zero-order chi connectivity index (χ0) is 24.9. The Labute approximate surface area is 208 Å². The van der Waals surface area contributed by atoms with Gasteiger partial charge >= 0.3 is 5.91 Å². The molecule has 1 aliphatic heterocycles. The lowest BCUT2D eigenvalue weighted by molar-refractivity contribution is -0.132. The molecular formula is C29H26N2O3S. The van der Waals surface area contributed by atoms with Crippen molar-refractivity contribution in [3.05, 3.63) is 100 Å². The average Bonchev–Trinajstić information content (AvgIpc) is 3.37. The van der Waals surface area contributed by atoms with Crippen molar-refractivity contribution in [2.75, 3.05) is 4.90 Å². The second-order valence-electron chi connectivity index (χ2n) is 9.33. The van der Waals surface area contributed by atoms with Crippen LogP contribution in [0.3, 0.4) is 0 Å². The molecule has 1 saturated heterocycles. The topological polar surface area (TPSA) is 70.5 Å². The van der Waals surface area contributed by atoms with Gasteiger partial charge in [0.25, 0.3) is 5.78 Å². The van der Waals surface area contributed by atoms with Crippen LogP contribution in [-0.2, 0) is 9.59 Å². The molecule has 5 nitrogen and oxygen atoms in total. The maximum atomic E-state index is 13.4. The summed E-state index contributed by atoms with van der Waals surface area (Å²) in [6.07, 6.45) is 0. The van der Waals surface area contributed by atoms with E-state index < -0.39 is 17.7 Å². The standard InChI is InChI=1S/C29H26N2O3S/c1-16(2)20-12-13-22-23(15-20)35-29(30-22)31-25(21-7-5-6-18(4)14-21)24(27(33)28(31)34)26(32)19-10-8-17(3)9-11-19/h5-16,25,32H,1-4H3/b26-24+. The third-order valence-electron chi connectivity index (χ3n) is 6.40. The summed E-state index contributed by atoms with van der Waals surface area (Å²) in [5.41, 5.74) is 5.31. The summed E-state index contributed by atoms with van der Waals surface area (Å²) in [6, 6.07) is 20.2. The van der Waals surface area contributed by atoms with Gasteiger partial charge in [-0.2, -0.15) is 0 Å². The quantitative estimate of drug-likeness (QED) is 0.200. The van der Waals surface area contributed by atoms with E-state index in [0.29, 0.717) is 16.6 Å². The number of fused-ring (bicyclic) bond motifs is 1. The van der Waals surface area contributed by atoms with Crippen molar-refractivity contribution >= 4 is 44.1 Å². The molecule has 35 heavy (non-hydrogen) atoms. The van der Waals surface area contributed by atoms with Crippen molar-refractivity contribution < 1.29 is 14.7 Å². The number of aliphatic hydroxyl groups is 1. The van der Waals surface area contributed by atoms with Gasteiger partial charge in [0.15, 0.2) is 5.13 Å². The van der Waals surface area contributed by atoms with Gasteiger partial charge < -0.3 is 5.11 Å². The van der Waals surface area contributed by atoms with Gasteiger partial charge in [0.2, 0.25) is 0 Å². The van der Waals surface area contributed by atoms with E-state index in [2.05, 4.69) is 19.9 Å². The summed E-state index contributed by atoms with van der Waals surface area (Å²) < 4.78 is 0.953. The lowest BCUT2D eigenvalue weighted by atomic mass is 9.94. The van der Waals surface area contributed by atoms with E-state index in [4.69, 9.17) is 4.98 Å². The van der Waals surface area contributed by atoms with Crippen molar-refractivity contribution in [3.8, 4) is 0 Å². The van der Waals surface area contributed by atoms with Crippen LogP contribution in [0.25, 0.3) is 16.0 Å². The number of hydrogen-bond acceptors (Lipinski definition) is 5. The molecule has 1 atom stereocenters. The minimum atomic E-state index is -0.777. The molecule has 3 aromatic carbocycles. The van der Waals surface area contributed by atoms with Crippen molar-refractivity contribution in [2.24, 2.45) is 0 Å². The Morgan fingerprint density at radius 1 is 0.971 bits per heavy atom. The number of benzene rings is 3. The number of carbonyl (C=O) groups is 2. The van der Waals surface area contributed by atoms with Gasteiger partial charge in [-0.1, -0.05) is 90.9 Å². The first-order chi connectivity index (χ1) is 16.7. The average molecular weight is 483 g/mol. The molecule has 0 radical (unpaired) electrons. The predicted molar refractivity (Wildman–Crippen MR) is 141 cm³/mol. The van der Waals surface area contributed by atoms with E-state index in [1.165, 1.54) is 21.8 Å². The van der Waals surface area contributed by atoms with Crippen LogP contribution in [0.4, 0.5) is 5.13 Å². The maximum absolute atomic E-state index is 13.4. The monoisotopic (exact) mass is 482 g/mol. The summed E-state index contributed by atoms with van der Waals surface area (Å²) >= 11 is 1.38. The number of hydrogen-bond donors (Lipinski definition) is 1.